The molecule has 4 heteroatoms. The van der Waals surface area contributed by atoms with Gasteiger partial charge in [-0.25, -0.2) is 0 Å². The molecule has 0 N–H and O–H groups in total. The van der Waals surface area contributed by atoms with Gasteiger partial charge in [-0.1, -0.05) is 31.0 Å². The summed E-state index contributed by atoms with van der Waals surface area (Å²) < 4.78 is 10.3. The molecule has 0 amide bonds. The molecule has 0 aliphatic rings. The van der Waals surface area contributed by atoms with Crippen molar-refractivity contribution < 1.29 is 14.3 Å². The van der Waals surface area contributed by atoms with E-state index in [0.29, 0.717) is 17.4 Å². The Kier molecular flexibility index (Phi) is 5.99. The number of carbonyl (C=O) groups excluding carboxylic acids is 1. The third-order valence-corrected chi connectivity index (χ3v) is 3.04. The quantitative estimate of drug-likeness (QED) is 0.738. The van der Waals surface area contributed by atoms with Crippen LogP contribution in [-0.2, 0) is 9.53 Å². The van der Waals surface area contributed by atoms with Gasteiger partial charge in [0.25, 0.3) is 0 Å². The number of ether oxygens (including phenoxy) is 2. The summed E-state index contributed by atoms with van der Waals surface area (Å²) >= 11 is 5.98. The van der Waals surface area contributed by atoms with Gasteiger partial charge in [-0.2, -0.15) is 0 Å². The Morgan fingerprint density at radius 1 is 1.39 bits per heavy atom. The monoisotopic (exact) mass is 270 g/mol. The van der Waals surface area contributed by atoms with Crippen molar-refractivity contribution >= 4 is 17.6 Å². The van der Waals surface area contributed by atoms with Gasteiger partial charge in [-0.15, -0.1) is 0 Å². The highest BCUT2D eigenvalue weighted by atomic mass is 35.5. The molecule has 1 atom stereocenters. The van der Waals surface area contributed by atoms with Crippen molar-refractivity contribution in [3.05, 3.63) is 28.8 Å². The normalized spacial score (nSPS) is 12.0. The van der Waals surface area contributed by atoms with Crippen LogP contribution in [0.25, 0.3) is 0 Å². The van der Waals surface area contributed by atoms with Crippen LogP contribution in [0, 0.1) is 0 Å². The zero-order chi connectivity index (χ0) is 13.5. The lowest BCUT2D eigenvalue weighted by Gasteiger charge is -2.16. The smallest absolute Gasteiger partial charge is 0.313 e. The third-order valence-electron chi connectivity index (χ3n) is 2.73. The third kappa shape index (κ3) is 3.64. The van der Waals surface area contributed by atoms with E-state index in [4.69, 9.17) is 21.1 Å². The van der Waals surface area contributed by atoms with Crippen molar-refractivity contribution in [3.63, 3.8) is 0 Å². The summed E-state index contributed by atoms with van der Waals surface area (Å²) in [7, 11) is 1.56. The first-order valence-corrected chi connectivity index (χ1v) is 6.51. The van der Waals surface area contributed by atoms with E-state index >= 15 is 0 Å². The average Bonchev–Trinajstić information content (AvgIpc) is 2.37. The SMILES string of the molecule is CCCC(C(=O)OCC)c1ccc(Cl)c(OC)c1. The van der Waals surface area contributed by atoms with Crippen LogP contribution in [0.2, 0.25) is 5.02 Å². The molecule has 1 aromatic rings. The first-order valence-electron chi connectivity index (χ1n) is 6.14. The molecule has 0 bridgehead atoms. The van der Waals surface area contributed by atoms with Gasteiger partial charge in [-0.3, -0.25) is 4.79 Å². The zero-order valence-corrected chi connectivity index (χ0v) is 11.8. The van der Waals surface area contributed by atoms with E-state index in [1.54, 1.807) is 19.2 Å². The molecule has 0 aromatic heterocycles. The molecule has 18 heavy (non-hydrogen) atoms. The number of hydrogen-bond acceptors (Lipinski definition) is 3. The van der Waals surface area contributed by atoms with Crippen LogP contribution in [0.5, 0.6) is 5.75 Å². The number of esters is 1. The molecule has 0 fully saturated rings. The first-order chi connectivity index (χ1) is 8.63. The fourth-order valence-corrected chi connectivity index (χ4v) is 2.04. The van der Waals surface area contributed by atoms with E-state index in [1.807, 2.05) is 19.9 Å². The van der Waals surface area contributed by atoms with E-state index in [0.717, 1.165) is 18.4 Å². The van der Waals surface area contributed by atoms with E-state index in [9.17, 15) is 4.79 Å². The maximum absolute atomic E-state index is 11.9. The van der Waals surface area contributed by atoms with Gasteiger partial charge < -0.3 is 9.47 Å². The summed E-state index contributed by atoms with van der Waals surface area (Å²) in [5.74, 6) is 0.143. The Bertz CT molecular complexity index is 404. The molecule has 1 unspecified atom stereocenters. The van der Waals surface area contributed by atoms with Gasteiger partial charge in [0.05, 0.1) is 24.7 Å². The van der Waals surface area contributed by atoms with Gasteiger partial charge >= 0.3 is 5.97 Å². The second kappa shape index (κ2) is 7.27. The van der Waals surface area contributed by atoms with Crippen molar-refractivity contribution in [2.45, 2.75) is 32.6 Å². The molecule has 0 aliphatic carbocycles. The molecule has 1 rings (SSSR count). The van der Waals surface area contributed by atoms with E-state index in [1.165, 1.54) is 0 Å². The predicted molar refractivity (Wildman–Crippen MR) is 72.3 cm³/mol. The Balaban J connectivity index is 3.01. The standard InChI is InChI=1S/C14H19ClO3/c1-4-6-11(14(16)18-5-2)10-7-8-12(15)13(9-10)17-3/h7-9,11H,4-6H2,1-3H3. The number of hydrogen-bond donors (Lipinski definition) is 0. The summed E-state index contributed by atoms with van der Waals surface area (Å²) in [5.41, 5.74) is 0.886. The summed E-state index contributed by atoms with van der Waals surface area (Å²) in [4.78, 5) is 11.9. The lowest BCUT2D eigenvalue weighted by Crippen LogP contribution is -2.16. The largest absolute Gasteiger partial charge is 0.495 e. The average molecular weight is 271 g/mol. The number of methoxy groups -OCH3 is 1. The van der Waals surface area contributed by atoms with Crippen molar-refractivity contribution in [2.75, 3.05) is 13.7 Å². The van der Waals surface area contributed by atoms with Crippen LogP contribution in [0.3, 0.4) is 0 Å². The fraction of sp³-hybridized carbons (Fsp3) is 0.500. The van der Waals surface area contributed by atoms with Crippen molar-refractivity contribution in [3.8, 4) is 5.75 Å². The van der Waals surface area contributed by atoms with E-state index < -0.39 is 0 Å². The van der Waals surface area contributed by atoms with Crippen molar-refractivity contribution in [2.24, 2.45) is 0 Å². The molecule has 0 aliphatic heterocycles. The highest BCUT2D eigenvalue weighted by Crippen LogP contribution is 2.31. The zero-order valence-electron chi connectivity index (χ0n) is 11.0. The molecular formula is C14H19ClO3. The first kappa shape index (κ1) is 14.8. The minimum absolute atomic E-state index is 0.191. The van der Waals surface area contributed by atoms with Crippen LogP contribution in [-0.4, -0.2) is 19.7 Å². The molecule has 0 heterocycles. The number of halogens is 1. The van der Waals surface area contributed by atoms with Crippen LogP contribution in [0.1, 0.15) is 38.2 Å². The minimum Gasteiger partial charge on any atom is -0.495 e. The van der Waals surface area contributed by atoms with E-state index in [2.05, 4.69) is 0 Å². The molecule has 0 saturated carbocycles. The molecule has 1 aromatic carbocycles. The molecule has 0 radical (unpaired) electrons. The summed E-state index contributed by atoms with van der Waals surface area (Å²) in [6.07, 6.45) is 1.66. The predicted octanol–water partition coefficient (Wildman–Crippen LogP) is 3.80. The van der Waals surface area contributed by atoms with Gasteiger partial charge in [0.15, 0.2) is 0 Å². The molecule has 3 nitrogen and oxygen atoms in total. The van der Waals surface area contributed by atoms with Gasteiger partial charge in [0.1, 0.15) is 5.75 Å². The Hall–Kier alpha value is -1.22. The second-order valence-electron chi connectivity index (χ2n) is 3.99. The highest BCUT2D eigenvalue weighted by molar-refractivity contribution is 6.32. The molecule has 0 spiro atoms. The topological polar surface area (TPSA) is 35.5 Å². The Morgan fingerprint density at radius 2 is 2.11 bits per heavy atom. The Labute approximate surface area is 113 Å². The Morgan fingerprint density at radius 3 is 2.67 bits per heavy atom. The summed E-state index contributed by atoms with van der Waals surface area (Å²) in [5, 5.41) is 0.542. The fourth-order valence-electron chi connectivity index (χ4n) is 1.85. The van der Waals surface area contributed by atoms with Gasteiger partial charge in [-0.05, 0) is 31.0 Å². The minimum atomic E-state index is -0.249. The lowest BCUT2D eigenvalue weighted by molar-refractivity contribution is -0.145. The maximum Gasteiger partial charge on any atom is 0.313 e. The second-order valence-corrected chi connectivity index (χ2v) is 4.39. The van der Waals surface area contributed by atoms with Crippen LogP contribution < -0.4 is 4.74 Å². The molecule has 0 saturated heterocycles. The van der Waals surface area contributed by atoms with Crippen LogP contribution >= 0.6 is 11.6 Å². The van der Waals surface area contributed by atoms with Gasteiger partial charge in [0, 0.05) is 0 Å². The van der Waals surface area contributed by atoms with Crippen molar-refractivity contribution in [1.29, 1.82) is 0 Å². The van der Waals surface area contributed by atoms with Crippen LogP contribution in [0.15, 0.2) is 18.2 Å². The number of rotatable bonds is 6. The maximum atomic E-state index is 11.9. The van der Waals surface area contributed by atoms with E-state index in [-0.39, 0.29) is 11.9 Å². The summed E-state index contributed by atoms with van der Waals surface area (Å²) in [6.45, 7) is 4.24. The lowest BCUT2D eigenvalue weighted by atomic mass is 9.94. The summed E-state index contributed by atoms with van der Waals surface area (Å²) in [6, 6.07) is 5.40. The van der Waals surface area contributed by atoms with Gasteiger partial charge in [0.2, 0.25) is 0 Å². The molecular weight excluding hydrogens is 252 g/mol. The highest BCUT2D eigenvalue weighted by Gasteiger charge is 2.22. The number of carbonyl (C=O) groups is 1. The number of benzene rings is 1. The van der Waals surface area contributed by atoms with Crippen LogP contribution in [0.4, 0.5) is 0 Å². The van der Waals surface area contributed by atoms with Crippen molar-refractivity contribution in [1.82, 2.24) is 0 Å². The molecule has 100 valence electrons.